The van der Waals surface area contributed by atoms with Gasteiger partial charge in [-0.15, -0.1) is 0 Å². The fourth-order valence-electron chi connectivity index (χ4n) is 0.910. The molecule has 0 spiro atoms. The van der Waals surface area contributed by atoms with Crippen LogP contribution < -0.4 is 0 Å². The van der Waals surface area contributed by atoms with Crippen molar-refractivity contribution >= 4 is 26.1 Å². The first-order valence-corrected chi connectivity index (χ1v) is 3.44. The summed E-state index contributed by atoms with van der Waals surface area (Å²) < 4.78 is 0. The zero-order valence-electron chi connectivity index (χ0n) is 6.61. The van der Waals surface area contributed by atoms with Gasteiger partial charge in [-0.1, -0.05) is 0 Å². The van der Waals surface area contributed by atoms with Crippen LogP contribution in [0.4, 0.5) is 0 Å². The second kappa shape index (κ2) is 5.06. The van der Waals surface area contributed by atoms with Crippen LogP contribution in [0.15, 0.2) is 6.20 Å². The fourth-order valence-corrected chi connectivity index (χ4v) is 0.910. The van der Waals surface area contributed by atoms with Gasteiger partial charge in [-0.3, -0.25) is 9.78 Å². The maximum absolute atomic E-state index is 10.5. The molecule has 4 nitrogen and oxygen atoms in total. The number of hydrogen-bond donors (Lipinski definition) is 2. The average Bonchev–Trinajstić information content (AvgIpc) is 2.09. The van der Waals surface area contributed by atoms with Crippen molar-refractivity contribution in [2.75, 3.05) is 0 Å². The topological polar surface area (TPSA) is 70.4 Å². The van der Waals surface area contributed by atoms with Crippen molar-refractivity contribution < 1.29 is 15.0 Å². The van der Waals surface area contributed by atoms with Gasteiger partial charge >= 0.3 is 19.8 Å². The third kappa shape index (κ3) is 2.33. The molecule has 0 amide bonds. The summed E-state index contributed by atoms with van der Waals surface area (Å²) in [5, 5.41) is 18.1. The molecule has 0 unspecified atom stereocenters. The predicted molar refractivity (Wildman–Crippen MR) is 51.9 cm³/mol. The van der Waals surface area contributed by atoms with Gasteiger partial charge in [0.15, 0.2) is 6.29 Å². The Morgan fingerprint density at radius 1 is 1.62 bits per heavy atom. The SMILES string of the molecule is Cc1ncc(CO)c(C=O)c1O.[GaH3]. The van der Waals surface area contributed by atoms with E-state index in [4.69, 9.17) is 5.11 Å². The Morgan fingerprint density at radius 3 is 2.69 bits per heavy atom. The standard InChI is InChI=1S/C8H9NO3.Ga.3H/c1-5-8(12)7(4-11)6(3-10)2-9-5;;;;/h2,4,10,12H,3H2,1H3;;;;. The van der Waals surface area contributed by atoms with Gasteiger partial charge in [0.25, 0.3) is 0 Å². The fraction of sp³-hybridized carbons (Fsp3) is 0.250. The molecule has 70 valence electrons. The number of pyridine rings is 1. The van der Waals surface area contributed by atoms with Crippen LogP contribution in [0.2, 0.25) is 0 Å². The molecule has 0 aliphatic rings. The molecule has 1 aromatic rings. The van der Waals surface area contributed by atoms with Crippen molar-refractivity contribution in [3.63, 3.8) is 0 Å². The summed E-state index contributed by atoms with van der Waals surface area (Å²) in [5.41, 5.74) is 0.840. The van der Waals surface area contributed by atoms with Gasteiger partial charge in [-0.25, -0.2) is 0 Å². The van der Waals surface area contributed by atoms with E-state index in [1.54, 1.807) is 6.92 Å². The summed E-state index contributed by atoms with van der Waals surface area (Å²) in [6.07, 6.45) is 1.88. The van der Waals surface area contributed by atoms with E-state index in [0.29, 0.717) is 17.5 Å². The Kier molecular flexibility index (Phi) is 4.75. The van der Waals surface area contributed by atoms with Crippen LogP contribution in [-0.4, -0.2) is 41.3 Å². The van der Waals surface area contributed by atoms with Crippen LogP contribution in [0, 0.1) is 6.92 Å². The average molecular weight is 240 g/mol. The minimum atomic E-state index is -0.297. The quantitative estimate of drug-likeness (QED) is 0.525. The molecule has 0 fully saturated rings. The van der Waals surface area contributed by atoms with Crippen LogP contribution >= 0.6 is 0 Å². The molecule has 1 aromatic heterocycles. The Hall–Kier alpha value is -0.784. The predicted octanol–water partition coefficient (Wildman–Crippen LogP) is -0.783. The number of aliphatic hydroxyl groups excluding tert-OH is 1. The third-order valence-electron chi connectivity index (χ3n) is 1.65. The van der Waals surface area contributed by atoms with Crippen LogP contribution in [0.25, 0.3) is 0 Å². The van der Waals surface area contributed by atoms with Gasteiger partial charge < -0.3 is 10.2 Å². The van der Waals surface area contributed by atoms with E-state index in [9.17, 15) is 9.90 Å². The van der Waals surface area contributed by atoms with Crippen molar-refractivity contribution in [1.29, 1.82) is 0 Å². The van der Waals surface area contributed by atoms with Gasteiger partial charge in [0.05, 0.1) is 17.9 Å². The monoisotopic (exact) mass is 239 g/mol. The van der Waals surface area contributed by atoms with Crippen LogP contribution in [-0.2, 0) is 6.61 Å². The number of aromatic nitrogens is 1. The number of aryl methyl sites for hydroxylation is 1. The molecular weight excluding hydrogens is 228 g/mol. The van der Waals surface area contributed by atoms with Gasteiger partial charge in [-0.2, -0.15) is 0 Å². The van der Waals surface area contributed by atoms with Crippen molar-refractivity contribution in [3.8, 4) is 5.75 Å². The zero-order valence-corrected chi connectivity index (χ0v) is 6.61. The Balaban J connectivity index is 0.00000144. The summed E-state index contributed by atoms with van der Waals surface area (Å²) in [7, 11) is 0. The summed E-state index contributed by atoms with van der Waals surface area (Å²) in [6.45, 7) is 1.29. The Bertz CT molecular complexity index is 315. The molecular formula is C8H12GaNO3. The van der Waals surface area contributed by atoms with Gasteiger partial charge in [0.1, 0.15) is 5.75 Å². The first-order chi connectivity index (χ1) is 5.70. The van der Waals surface area contributed by atoms with E-state index in [1.807, 2.05) is 0 Å². The molecule has 5 heteroatoms. The molecule has 0 radical (unpaired) electrons. The number of hydrogen-bond acceptors (Lipinski definition) is 4. The van der Waals surface area contributed by atoms with Crippen LogP contribution in [0.3, 0.4) is 0 Å². The number of nitrogens with zero attached hydrogens (tertiary/aromatic N) is 1. The number of aliphatic hydroxyl groups is 1. The molecule has 1 rings (SSSR count). The molecule has 0 saturated heterocycles. The van der Waals surface area contributed by atoms with E-state index in [-0.39, 0.29) is 37.7 Å². The van der Waals surface area contributed by atoms with Crippen LogP contribution in [0.1, 0.15) is 21.6 Å². The zero-order chi connectivity index (χ0) is 9.14. The number of aromatic hydroxyl groups is 1. The molecule has 0 aliphatic carbocycles. The molecule has 0 saturated carbocycles. The first-order valence-electron chi connectivity index (χ1n) is 3.44. The van der Waals surface area contributed by atoms with Crippen molar-refractivity contribution in [3.05, 3.63) is 23.0 Å². The van der Waals surface area contributed by atoms with Crippen molar-refractivity contribution in [2.24, 2.45) is 0 Å². The van der Waals surface area contributed by atoms with Crippen molar-refractivity contribution in [2.45, 2.75) is 13.5 Å². The molecule has 0 atom stereocenters. The number of rotatable bonds is 2. The summed E-state index contributed by atoms with van der Waals surface area (Å²) in [4.78, 5) is 14.2. The van der Waals surface area contributed by atoms with E-state index in [1.165, 1.54) is 6.20 Å². The maximum atomic E-state index is 10.5. The summed E-state index contributed by atoms with van der Waals surface area (Å²) in [6, 6.07) is 0. The molecule has 2 N–H and O–H groups in total. The Labute approximate surface area is 88.7 Å². The van der Waals surface area contributed by atoms with Gasteiger partial charge in [0.2, 0.25) is 0 Å². The van der Waals surface area contributed by atoms with E-state index in [0.717, 1.165) is 0 Å². The number of aldehydes is 1. The molecule has 0 aromatic carbocycles. The minimum absolute atomic E-state index is 0. The summed E-state index contributed by atoms with van der Waals surface area (Å²) >= 11 is 0. The number of carbonyl (C=O) groups is 1. The molecule has 0 bridgehead atoms. The van der Waals surface area contributed by atoms with Gasteiger partial charge in [0, 0.05) is 11.8 Å². The third-order valence-corrected chi connectivity index (χ3v) is 1.65. The second-order valence-corrected chi connectivity index (χ2v) is 2.41. The van der Waals surface area contributed by atoms with Gasteiger partial charge in [-0.05, 0) is 6.92 Å². The summed E-state index contributed by atoms with van der Waals surface area (Å²) in [5.74, 6) is -0.156. The first kappa shape index (κ1) is 12.2. The van der Waals surface area contributed by atoms with Crippen molar-refractivity contribution in [1.82, 2.24) is 4.98 Å². The Morgan fingerprint density at radius 2 is 2.23 bits per heavy atom. The van der Waals surface area contributed by atoms with E-state index in [2.05, 4.69) is 4.98 Å². The normalized spacial score (nSPS) is 9.08. The molecule has 1 heterocycles. The van der Waals surface area contributed by atoms with E-state index >= 15 is 0 Å². The van der Waals surface area contributed by atoms with E-state index < -0.39 is 0 Å². The molecule has 13 heavy (non-hydrogen) atoms. The number of carbonyl (C=O) groups excluding carboxylic acids is 1. The second-order valence-electron chi connectivity index (χ2n) is 2.41. The van der Waals surface area contributed by atoms with Crippen LogP contribution in [0.5, 0.6) is 5.75 Å². The molecule has 0 aliphatic heterocycles.